The van der Waals surface area contributed by atoms with Gasteiger partial charge in [0.05, 0.1) is 12.6 Å². The first-order valence-corrected chi connectivity index (χ1v) is 9.73. The third-order valence-electron chi connectivity index (χ3n) is 3.99. The summed E-state index contributed by atoms with van der Waals surface area (Å²) in [4.78, 5) is 19.8. The summed E-state index contributed by atoms with van der Waals surface area (Å²) in [5.74, 6) is 0.753. The maximum atomic E-state index is 12.5. The number of nitrogens with zero attached hydrogens (tertiary/aromatic N) is 2. The minimum atomic E-state index is -0.467. The lowest BCUT2D eigenvalue weighted by atomic mass is 10.0. The predicted octanol–water partition coefficient (Wildman–Crippen LogP) is 3.20. The van der Waals surface area contributed by atoms with Crippen molar-refractivity contribution in [1.29, 1.82) is 0 Å². The molecule has 0 radical (unpaired) electrons. The molecule has 1 unspecified atom stereocenters. The Morgan fingerprint density at radius 3 is 2.84 bits per heavy atom. The van der Waals surface area contributed by atoms with E-state index in [0.717, 1.165) is 38.3 Å². The van der Waals surface area contributed by atoms with Crippen LogP contribution in [0, 0.1) is 0 Å². The van der Waals surface area contributed by atoms with Crippen molar-refractivity contribution in [3.63, 3.8) is 0 Å². The minimum absolute atomic E-state index is 0.129. The zero-order valence-electron chi connectivity index (χ0n) is 15.7. The maximum absolute atomic E-state index is 12.5. The highest BCUT2D eigenvalue weighted by Gasteiger charge is 2.30. The number of hydrogen-bond donors (Lipinski definition) is 2. The van der Waals surface area contributed by atoms with E-state index in [9.17, 15) is 4.79 Å². The highest BCUT2D eigenvalue weighted by molar-refractivity contribution is 7.09. The quantitative estimate of drug-likeness (QED) is 0.634. The molecule has 1 aromatic heterocycles. The van der Waals surface area contributed by atoms with Gasteiger partial charge in [-0.3, -0.25) is 4.99 Å². The van der Waals surface area contributed by atoms with Crippen molar-refractivity contribution in [2.45, 2.75) is 58.2 Å². The van der Waals surface area contributed by atoms with Crippen LogP contribution in [0.3, 0.4) is 0 Å². The maximum Gasteiger partial charge on any atom is 0.410 e. The van der Waals surface area contributed by atoms with Gasteiger partial charge in [0.15, 0.2) is 5.96 Å². The summed E-state index contributed by atoms with van der Waals surface area (Å²) in [7, 11) is 1.76. The number of amides is 1. The molecule has 1 amide bonds. The van der Waals surface area contributed by atoms with E-state index in [1.165, 1.54) is 4.88 Å². The first-order valence-electron chi connectivity index (χ1n) is 8.85. The lowest BCUT2D eigenvalue weighted by molar-refractivity contribution is 0.0104. The van der Waals surface area contributed by atoms with Crippen molar-refractivity contribution in [3.8, 4) is 0 Å². The summed E-state index contributed by atoms with van der Waals surface area (Å²) >= 11 is 1.72. The topological polar surface area (TPSA) is 66.0 Å². The first-order chi connectivity index (χ1) is 11.9. The monoisotopic (exact) mass is 366 g/mol. The average molecular weight is 367 g/mol. The molecule has 1 saturated heterocycles. The van der Waals surface area contributed by atoms with E-state index in [0.29, 0.717) is 6.54 Å². The van der Waals surface area contributed by atoms with Crippen LogP contribution in [0.4, 0.5) is 4.79 Å². The van der Waals surface area contributed by atoms with Crippen LogP contribution in [0.1, 0.15) is 44.9 Å². The number of guanidine groups is 1. The van der Waals surface area contributed by atoms with Crippen LogP contribution >= 0.6 is 11.3 Å². The smallest absolute Gasteiger partial charge is 0.410 e. The molecule has 7 heteroatoms. The number of ether oxygens (including phenoxy) is 1. The van der Waals surface area contributed by atoms with Crippen LogP contribution in [0.25, 0.3) is 0 Å². The van der Waals surface area contributed by atoms with E-state index in [1.54, 1.807) is 18.4 Å². The fourth-order valence-corrected chi connectivity index (χ4v) is 3.44. The summed E-state index contributed by atoms with van der Waals surface area (Å²) in [5, 5.41) is 8.72. The van der Waals surface area contributed by atoms with Crippen molar-refractivity contribution >= 4 is 23.4 Å². The number of likely N-dealkylation sites (tertiary alicyclic amines) is 1. The van der Waals surface area contributed by atoms with Crippen LogP contribution in [0.15, 0.2) is 22.5 Å². The molecule has 140 valence electrons. The molecular formula is C18H30N4O2S. The number of carbonyl (C=O) groups is 1. The van der Waals surface area contributed by atoms with Crippen molar-refractivity contribution in [2.24, 2.45) is 4.99 Å². The van der Waals surface area contributed by atoms with E-state index >= 15 is 0 Å². The number of piperidine rings is 1. The zero-order valence-corrected chi connectivity index (χ0v) is 16.5. The number of hydrogen-bond acceptors (Lipinski definition) is 4. The molecule has 1 aromatic rings. The van der Waals surface area contributed by atoms with E-state index in [2.05, 4.69) is 27.1 Å². The summed E-state index contributed by atoms with van der Waals surface area (Å²) in [6.07, 6.45) is 2.92. The Bertz CT molecular complexity index is 566. The van der Waals surface area contributed by atoms with Gasteiger partial charge in [0.1, 0.15) is 5.60 Å². The van der Waals surface area contributed by atoms with Crippen LogP contribution < -0.4 is 10.6 Å². The van der Waals surface area contributed by atoms with E-state index in [1.807, 2.05) is 31.7 Å². The molecule has 25 heavy (non-hydrogen) atoms. The molecule has 0 bridgehead atoms. The van der Waals surface area contributed by atoms with Crippen molar-refractivity contribution in [1.82, 2.24) is 15.5 Å². The number of rotatable bonds is 4. The minimum Gasteiger partial charge on any atom is -0.444 e. The first kappa shape index (κ1) is 19.6. The molecule has 2 heterocycles. The Morgan fingerprint density at radius 2 is 2.20 bits per heavy atom. The van der Waals surface area contributed by atoms with Gasteiger partial charge in [-0.25, -0.2) is 4.79 Å². The summed E-state index contributed by atoms with van der Waals surface area (Å²) in [6, 6.07) is 4.26. The highest BCUT2D eigenvalue weighted by Crippen LogP contribution is 2.20. The van der Waals surface area contributed by atoms with Crippen LogP contribution in [-0.2, 0) is 11.3 Å². The Labute approximate surface area is 154 Å². The largest absolute Gasteiger partial charge is 0.444 e. The van der Waals surface area contributed by atoms with Crippen molar-refractivity contribution < 1.29 is 9.53 Å². The molecule has 1 aliphatic heterocycles. The third kappa shape index (κ3) is 6.57. The van der Waals surface area contributed by atoms with Gasteiger partial charge in [-0.15, -0.1) is 11.3 Å². The Hall–Kier alpha value is -1.76. The molecule has 1 fully saturated rings. The molecule has 0 aliphatic carbocycles. The number of thiophene rings is 1. The zero-order chi connectivity index (χ0) is 18.3. The standard InChI is InChI=1S/C18H30N4O2S/c1-18(2,3)24-17(23)22-10-6-5-8-14(22)12-20-16(19-4)21-13-15-9-7-11-25-15/h7,9,11,14H,5-6,8,10,12-13H2,1-4H3,(H2,19,20,21). The predicted molar refractivity (Wildman–Crippen MR) is 103 cm³/mol. The highest BCUT2D eigenvalue weighted by atomic mass is 32.1. The van der Waals surface area contributed by atoms with Gasteiger partial charge in [0.25, 0.3) is 0 Å². The third-order valence-corrected chi connectivity index (χ3v) is 4.87. The average Bonchev–Trinajstić information content (AvgIpc) is 3.07. The van der Waals surface area contributed by atoms with E-state index < -0.39 is 5.60 Å². The number of carbonyl (C=O) groups excluding carboxylic acids is 1. The summed E-state index contributed by atoms with van der Waals surface area (Å²) < 4.78 is 5.55. The fraction of sp³-hybridized carbons (Fsp3) is 0.667. The summed E-state index contributed by atoms with van der Waals surface area (Å²) in [5.41, 5.74) is -0.467. The Morgan fingerprint density at radius 1 is 1.40 bits per heavy atom. The summed E-state index contributed by atoms with van der Waals surface area (Å²) in [6.45, 7) is 7.87. The van der Waals surface area contributed by atoms with Gasteiger partial charge in [-0.2, -0.15) is 0 Å². The SMILES string of the molecule is CN=C(NCc1cccs1)NCC1CCCCN1C(=O)OC(C)(C)C. The Kier molecular flexibility index (Phi) is 7.11. The molecule has 0 aromatic carbocycles. The fourth-order valence-electron chi connectivity index (χ4n) is 2.79. The van der Waals surface area contributed by atoms with Gasteiger partial charge in [-0.1, -0.05) is 6.07 Å². The second-order valence-electron chi connectivity index (χ2n) is 7.21. The van der Waals surface area contributed by atoms with E-state index in [-0.39, 0.29) is 12.1 Å². The van der Waals surface area contributed by atoms with Crippen LogP contribution in [0.5, 0.6) is 0 Å². The second-order valence-corrected chi connectivity index (χ2v) is 8.24. The Balaban J connectivity index is 1.86. The molecule has 0 saturated carbocycles. The number of aliphatic imine (C=N–C) groups is 1. The molecule has 6 nitrogen and oxygen atoms in total. The normalized spacial score (nSPS) is 18.8. The molecule has 2 rings (SSSR count). The molecule has 1 atom stereocenters. The van der Waals surface area contributed by atoms with Crippen molar-refractivity contribution in [2.75, 3.05) is 20.1 Å². The van der Waals surface area contributed by atoms with Gasteiger partial charge in [0, 0.05) is 25.0 Å². The second kappa shape index (κ2) is 9.08. The van der Waals surface area contributed by atoms with Crippen molar-refractivity contribution in [3.05, 3.63) is 22.4 Å². The van der Waals surface area contributed by atoms with Gasteiger partial charge in [0.2, 0.25) is 0 Å². The van der Waals surface area contributed by atoms with Gasteiger partial charge >= 0.3 is 6.09 Å². The van der Waals surface area contributed by atoms with E-state index in [4.69, 9.17) is 4.74 Å². The molecular weight excluding hydrogens is 336 g/mol. The molecule has 0 spiro atoms. The lowest BCUT2D eigenvalue weighted by Gasteiger charge is -2.37. The van der Waals surface area contributed by atoms with Gasteiger partial charge < -0.3 is 20.3 Å². The van der Waals surface area contributed by atoms with Gasteiger partial charge in [-0.05, 0) is 51.5 Å². The lowest BCUT2D eigenvalue weighted by Crippen LogP contribution is -2.52. The molecule has 2 N–H and O–H groups in total. The van der Waals surface area contributed by atoms with Crippen LogP contribution in [-0.4, -0.2) is 48.7 Å². The van der Waals surface area contributed by atoms with Crippen LogP contribution in [0.2, 0.25) is 0 Å². The number of nitrogens with one attached hydrogen (secondary N) is 2. The molecule has 1 aliphatic rings.